The molecule has 2 heterocycles. The van der Waals surface area contributed by atoms with Crippen LogP contribution in [0.25, 0.3) is 0 Å². The number of piperidine rings is 1. The minimum atomic E-state index is 0. The van der Waals surface area contributed by atoms with Gasteiger partial charge in [0.05, 0.1) is 0 Å². The molecule has 5 nitrogen and oxygen atoms in total. The predicted octanol–water partition coefficient (Wildman–Crippen LogP) is 3.76. The van der Waals surface area contributed by atoms with Crippen LogP contribution in [-0.4, -0.2) is 35.1 Å². The first kappa shape index (κ1) is 23.9. The molecule has 1 aliphatic carbocycles. The van der Waals surface area contributed by atoms with Gasteiger partial charge < -0.3 is 16.0 Å². The number of nitrogens with two attached hydrogens (primary N) is 1. The van der Waals surface area contributed by atoms with Crippen molar-refractivity contribution in [1.29, 1.82) is 0 Å². The highest BCUT2D eigenvalue weighted by Crippen LogP contribution is 2.30. The van der Waals surface area contributed by atoms with E-state index < -0.39 is 0 Å². The molecule has 1 aromatic carbocycles. The summed E-state index contributed by atoms with van der Waals surface area (Å²) in [7, 11) is 0. The molecule has 4 rings (SSSR count). The molecule has 3 N–H and O–H groups in total. The third-order valence-corrected chi connectivity index (χ3v) is 5.94. The maximum atomic E-state index is 6.50. The van der Waals surface area contributed by atoms with Gasteiger partial charge in [-0.25, -0.2) is 9.97 Å². The zero-order valence-electron chi connectivity index (χ0n) is 17.3. The second-order valence-electron chi connectivity index (χ2n) is 7.98. The molecule has 0 unspecified atom stereocenters. The van der Waals surface area contributed by atoms with Gasteiger partial charge in [-0.05, 0) is 43.7 Å². The Kier molecular flexibility index (Phi) is 8.71. The van der Waals surface area contributed by atoms with Crippen molar-refractivity contribution in [2.75, 3.05) is 18.0 Å². The minimum absolute atomic E-state index is 0. The molecule has 0 spiro atoms. The molecule has 1 aromatic heterocycles. The first-order valence-electron chi connectivity index (χ1n) is 10.3. The Morgan fingerprint density at radius 2 is 1.86 bits per heavy atom. The van der Waals surface area contributed by atoms with Crippen LogP contribution in [0.1, 0.15) is 54.9 Å². The summed E-state index contributed by atoms with van der Waals surface area (Å²) in [5.41, 5.74) is 10.4. The monoisotopic (exact) mass is 437 g/mol. The maximum absolute atomic E-state index is 6.50. The Morgan fingerprint density at radius 1 is 1.14 bits per heavy atom. The molecule has 2 atom stereocenters. The Balaban J connectivity index is 0.00000150. The number of aromatic nitrogens is 2. The number of aryl methyl sites for hydroxylation is 2. The second kappa shape index (κ2) is 10.6. The molecule has 0 saturated carbocycles. The molecule has 0 amide bonds. The van der Waals surface area contributed by atoms with Gasteiger partial charge in [0.25, 0.3) is 0 Å². The number of benzene rings is 1. The van der Waals surface area contributed by atoms with Crippen LogP contribution >= 0.6 is 24.8 Å². The fraction of sp³-hybridized carbons (Fsp3) is 0.545. The molecule has 0 bridgehead atoms. The van der Waals surface area contributed by atoms with Crippen LogP contribution in [0.4, 0.5) is 5.82 Å². The van der Waals surface area contributed by atoms with Gasteiger partial charge in [-0.3, -0.25) is 0 Å². The Labute approximate surface area is 186 Å². The summed E-state index contributed by atoms with van der Waals surface area (Å²) >= 11 is 0. The van der Waals surface area contributed by atoms with Crippen LogP contribution in [0.2, 0.25) is 0 Å². The summed E-state index contributed by atoms with van der Waals surface area (Å²) < 4.78 is 0. The van der Waals surface area contributed by atoms with Crippen LogP contribution in [0.3, 0.4) is 0 Å². The highest BCUT2D eigenvalue weighted by molar-refractivity contribution is 5.85. The SMILES string of the molecule is CCCc1cc(N2CCC(N[C@H]3Cc4ccccc4[C@@H]3N)CC2)nc(C)n1.Cl.Cl. The summed E-state index contributed by atoms with van der Waals surface area (Å²) in [6.45, 7) is 6.26. The van der Waals surface area contributed by atoms with Gasteiger partial charge in [-0.2, -0.15) is 0 Å². The number of nitrogens with zero attached hydrogens (tertiary/aromatic N) is 3. The largest absolute Gasteiger partial charge is 0.356 e. The molecule has 0 radical (unpaired) electrons. The normalized spacial score (nSPS) is 21.3. The summed E-state index contributed by atoms with van der Waals surface area (Å²) in [5.74, 6) is 1.97. The van der Waals surface area contributed by atoms with Crippen molar-refractivity contribution in [3.8, 4) is 0 Å². The van der Waals surface area contributed by atoms with Crippen LogP contribution in [0.5, 0.6) is 0 Å². The lowest BCUT2D eigenvalue weighted by molar-refractivity contribution is 0.346. The lowest BCUT2D eigenvalue weighted by Crippen LogP contribution is -2.48. The number of nitrogens with one attached hydrogen (secondary N) is 1. The van der Waals surface area contributed by atoms with E-state index in [0.717, 1.165) is 62.5 Å². The molecule has 1 saturated heterocycles. The molecule has 160 valence electrons. The summed E-state index contributed by atoms with van der Waals surface area (Å²) in [4.78, 5) is 11.7. The Morgan fingerprint density at radius 3 is 2.55 bits per heavy atom. The standard InChI is InChI=1S/C22H31N5.2ClH/c1-3-6-18-14-21(25-15(2)24-18)27-11-9-17(10-12-27)26-20-13-16-7-4-5-8-19(16)22(20)23;;/h4-5,7-8,14,17,20,22,26H,3,6,9-13,23H2,1-2H3;2*1H/t20-,22-;;/m0../s1. The number of fused-ring (bicyclic) bond motifs is 1. The van der Waals surface area contributed by atoms with Crippen molar-refractivity contribution < 1.29 is 0 Å². The van der Waals surface area contributed by atoms with Crippen LogP contribution < -0.4 is 16.0 Å². The van der Waals surface area contributed by atoms with Crippen molar-refractivity contribution in [3.05, 3.63) is 53.0 Å². The molecule has 29 heavy (non-hydrogen) atoms. The fourth-order valence-electron chi connectivity index (χ4n) is 4.52. The van der Waals surface area contributed by atoms with Crippen molar-refractivity contribution in [3.63, 3.8) is 0 Å². The number of halogens is 2. The summed E-state index contributed by atoms with van der Waals surface area (Å²) in [6, 6.07) is 11.8. The topological polar surface area (TPSA) is 67.1 Å². The van der Waals surface area contributed by atoms with Gasteiger partial charge in [0.2, 0.25) is 0 Å². The average molecular weight is 438 g/mol. The molecule has 1 fully saturated rings. The van der Waals surface area contributed by atoms with E-state index in [2.05, 4.69) is 57.4 Å². The smallest absolute Gasteiger partial charge is 0.132 e. The number of hydrogen-bond donors (Lipinski definition) is 2. The lowest BCUT2D eigenvalue weighted by atomic mass is 10.0. The summed E-state index contributed by atoms with van der Waals surface area (Å²) in [5, 5.41) is 3.85. The number of hydrogen-bond acceptors (Lipinski definition) is 5. The van der Waals surface area contributed by atoms with Crippen molar-refractivity contribution in [2.45, 2.75) is 64.1 Å². The van der Waals surface area contributed by atoms with Gasteiger partial charge >= 0.3 is 0 Å². The molecular formula is C22H33Cl2N5. The van der Waals surface area contributed by atoms with Gasteiger partial charge in [0.1, 0.15) is 11.6 Å². The van der Waals surface area contributed by atoms with Gasteiger partial charge in [-0.1, -0.05) is 37.6 Å². The van der Waals surface area contributed by atoms with Crippen LogP contribution in [0.15, 0.2) is 30.3 Å². The molecule has 2 aliphatic rings. The molecular weight excluding hydrogens is 405 g/mol. The quantitative estimate of drug-likeness (QED) is 0.744. The average Bonchev–Trinajstić information content (AvgIpc) is 2.98. The number of anilines is 1. The van der Waals surface area contributed by atoms with E-state index in [1.807, 2.05) is 6.92 Å². The Hall–Kier alpha value is -1.40. The van der Waals surface area contributed by atoms with E-state index in [9.17, 15) is 0 Å². The van der Waals surface area contributed by atoms with Crippen molar-refractivity contribution in [1.82, 2.24) is 15.3 Å². The molecule has 7 heteroatoms. The third kappa shape index (κ3) is 5.40. The number of rotatable bonds is 5. The summed E-state index contributed by atoms with van der Waals surface area (Å²) in [6.07, 6.45) is 5.45. The van der Waals surface area contributed by atoms with Gasteiger partial charge in [-0.15, -0.1) is 24.8 Å². The van der Waals surface area contributed by atoms with E-state index in [1.165, 1.54) is 11.1 Å². The van der Waals surface area contributed by atoms with E-state index in [-0.39, 0.29) is 30.9 Å². The maximum Gasteiger partial charge on any atom is 0.132 e. The second-order valence-corrected chi connectivity index (χ2v) is 7.98. The van der Waals surface area contributed by atoms with Gasteiger partial charge in [0.15, 0.2) is 0 Å². The highest BCUT2D eigenvalue weighted by atomic mass is 35.5. The lowest BCUT2D eigenvalue weighted by Gasteiger charge is -2.35. The van der Waals surface area contributed by atoms with E-state index in [0.29, 0.717) is 12.1 Å². The van der Waals surface area contributed by atoms with E-state index >= 15 is 0 Å². The zero-order chi connectivity index (χ0) is 18.8. The van der Waals surface area contributed by atoms with Gasteiger partial charge in [0, 0.05) is 43.0 Å². The first-order valence-corrected chi connectivity index (χ1v) is 10.3. The van der Waals surface area contributed by atoms with Crippen LogP contribution in [-0.2, 0) is 12.8 Å². The van der Waals surface area contributed by atoms with E-state index in [4.69, 9.17) is 5.73 Å². The third-order valence-electron chi connectivity index (χ3n) is 5.94. The van der Waals surface area contributed by atoms with Crippen molar-refractivity contribution in [2.24, 2.45) is 5.73 Å². The van der Waals surface area contributed by atoms with Crippen molar-refractivity contribution >= 4 is 30.6 Å². The molecule has 2 aromatic rings. The van der Waals surface area contributed by atoms with Crippen LogP contribution in [0, 0.1) is 6.92 Å². The molecule has 1 aliphatic heterocycles. The fourth-order valence-corrected chi connectivity index (χ4v) is 4.52. The van der Waals surface area contributed by atoms with E-state index in [1.54, 1.807) is 0 Å². The first-order chi connectivity index (χ1) is 13.1. The minimum Gasteiger partial charge on any atom is -0.356 e. The zero-order valence-corrected chi connectivity index (χ0v) is 18.9. The Bertz CT molecular complexity index is 793. The predicted molar refractivity (Wildman–Crippen MR) is 124 cm³/mol. The highest BCUT2D eigenvalue weighted by Gasteiger charge is 2.32.